The molecule has 2 rings (SSSR count). The van der Waals surface area contributed by atoms with Crippen molar-refractivity contribution in [3.05, 3.63) is 28.7 Å². The number of halogens is 1. The van der Waals surface area contributed by atoms with Crippen LogP contribution >= 0.6 is 12.4 Å². The van der Waals surface area contributed by atoms with E-state index in [0.29, 0.717) is 29.1 Å². The average Bonchev–Trinajstić information content (AvgIpc) is 2.64. The van der Waals surface area contributed by atoms with Gasteiger partial charge in [0.15, 0.2) is 5.58 Å². The molecule has 0 radical (unpaired) electrons. The highest BCUT2D eigenvalue weighted by molar-refractivity contribution is 5.96. The number of carbonyl (C=O) groups excluding carboxylic acids is 1. The van der Waals surface area contributed by atoms with Gasteiger partial charge in [0, 0.05) is 18.8 Å². The fourth-order valence-corrected chi connectivity index (χ4v) is 2.06. The second-order valence-corrected chi connectivity index (χ2v) is 5.33. The second-order valence-electron chi connectivity index (χ2n) is 5.33. The van der Waals surface area contributed by atoms with Crippen LogP contribution in [0.1, 0.15) is 20.3 Å². The Balaban J connectivity index is 0.00000220. The lowest BCUT2D eigenvalue weighted by Crippen LogP contribution is -2.36. The van der Waals surface area contributed by atoms with Crippen molar-refractivity contribution >= 4 is 35.1 Å². The third-order valence-electron chi connectivity index (χ3n) is 3.12. The van der Waals surface area contributed by atoms with Gasteiger partial charge >= 0.3 is 5.76 Å². The van der Waals surface area contributed by atoms with Crippen molar-refractivity contribution in [1.82, 2.24) is 4.57 Å². The number of nitrogens with two attached hydrogens (primary N) is 1. The van der Waals surface area contributed by atoms with Crippen molar-refractivity contribution in [3.63, 3.8) is 0 Å². The van der Waals surface area contributed by atoms with Crippen molar-refractivity contribution in [2.45, 2.75) is 26.3 Å². The largest absolute Gasteiger partial charge is 0.419 e. The predicted molar refractivity (Wildman–Crippen MR) is 84.8 cm³/mol. The fraction of sp³-hybridized carbons (Fsp3) is 0.429. The van der Waals surface area contributed by atoms with Crippen LogP contribution in [-0.4, -0.2) is 16.5 Å². The van der Waals surface area contributed by atoms with Gasteiger partial charge in [-0.25, -0.2) is 4.79 Å². The monoisotopic (exact) mass is 313 g/mol. The van der Waals surface area contributed by atoms with Crippen LogP contribution in [-0.2, 0) is 11.8 Å². The van der Waals surface area contributed by atoms with Gasteiger partial charge in [-0.3, -0.25) is 9.36 Å². The molecule has 1 aromatic carbocycles. The number of amides is 1. The maximum atomic E-state index is 11.9. The van der Waals surface area contributed by atoms with Crippen LogP contribution in [0.3, 0.4) is 0 Å². The minimum Gasteiger partial charge on any atom is -0.408 e. The van der Waals surface area contributed by atoms with E-state index in [1.54, 1.807) is 25.2 Å². The summed E-state index contributed by atoms with van der Waals surface area (Å²) in [6.07, 6.45) is 0.620. The number of aryl methyl sites for hydroxylation is 1. The molecule has 1 amide bonds. The first-order chi connectivity index (χ1) is 9.38. The maximum Gasteiger partial charge on any atom is 0.419 e. The first-order valence-electron chi connectivity index (χ1n) is 6.54. The Morgan fingerprint density at radius 2 is 2.10 bits per heavy atom. The molecule has 0 aliphatic carbocycles. The molecule has 116 valence electrons. The number of hydrogen-bond acceptors (Lipinski definition) is 4. The van der Waals surface area contributed by atoms with Gasteiger partial charge in [-0.05, 0) is 24.5 Å². The lowest BCUT2D eigenvalue weighted by molar-refractivity contribution is -0.117. The first kappa shape index (κ1) is 17.3. The van der Waals surface area contributed by atoms with E-state index < -0.39 is 11.8 Å². The molecule has 7 heteroatoms. The van der Waals surface area contributed by atoms with E-state index in [0.717, 1.165) is 0 Å². The van der Waals surface area contributed by atoms with E-state index in [-0.39, 0.29) is 18.3 Å². The zero-order valence-electron chi connectivity index (χ0n) is 12.3. The third-order valence-corrected chi connectivity index (χ3v) is 3.12. The summed E-state index contributed by atoms with van der Waals surface area (Å²) in [4.78, 5) is 23.3. The number of anilines is 1. The number of benzene rings is 1. The zero-order valence-corrected chi connectivity index (χ0v) is 13.1. The van der Waals surface area contributed by atoms with Crippen LogP contribution < -0.4 is 16.8 Å². The SMILES string of the molecule is CC(C)C[C@H](N)C(=O)Nc1ccc2c(c1)oc(=O)n2C.Cl. The fourth-order valence-electron chi connectivity index (χ4n) is 2.06. The molecule has 0 spiro atoms. The topological polar surface area (TPSA) is 90.3 Å². The Hall–Kier alpha value is -1.79. The molecule has 0 saturated heterocycles. The summed E-state index contributed by atoms with van der Waals surface area (Å²) in [6, 6.07) is 4.52. The van der Waals surface area contributed by atoms with Gasteiger partial charge in [-0.1, -0.05) is 13.8 Å². The standard InChI is InChI=1S/C14H19N3O3.ClH/c1-8(2)6-10(15)13(18)16-9-4-5-11-12(7-9)20-14(19)17(11)3;/h4-5,7-8,10H,6,15H2,1-3H3,(H,16,18);1H/t10-;/m0./s1. The molecule has 0 aliphatic heterocycles. The van der Waals surface area contributed by atoms with E-state index >= 15 is 0 Å². The number of aromatic nitrogens is 1. The van der Waals surface area contributed by atoms with Crippen LogP contribution in [0.25, 0.3) is 11.1 Å². The minimum absolute atomic E-state index is 0. The highest BCUT2D eigenvalue weighted by atomic mass is 35.5. The molecular weight excluding hydrogens is 294 g/mol. The molecule has 3 N–H and O–H groups in total. The smallest absolute Gasteiger partial charge is 0.408 e. The number of nitrogens with zero attached hydrogens (tertiary/aromatic N) is 1. The number of rotatable bonds is 4. The predicted octanol–water partition coefficient (Wildman–Crippen LogP) is 1.87. The molecule has 0 fully saturated rings. The third kappa shape index (κ3) is 3.86. The second kappa shape index (κ2) is 6.78. The number of nitrogens with one attached hydrogen (secondary N) is 1. The zero-order chi connectivity index (χ0) is 14.9. The summed E-state index contributed by atoms with van der Waals surface area (Å²) in [7, 11) is 1.63. The van der Waals surface area contributed by atoms with Crippen LogP contribution in [0, 0.1) is 5.92 Å². The Kier molecular flexibility index (Phi) is 5.57. The van der Waals surface area contributed by atoms with E-state index in [1.807, 2.05) is 13.8 Å². The number of fused-ring (bicyclic) bond motifs is 1. The van der Waals surface area contributed by atoms with Gasteiger partial charge in [0.25, 0.3) is 0 Å². The molecule has 0 unspecified atom stereocenters. The number of hydrogen-bond donors (Lipinski definition) is 2. The van der Waals surface area contributed by atoms with Gasteiger partial charge in [0.2, 0.25) is 5.91 Å². The van der Waals surface area contributed by atoms with Crippen molar-refractivity contribution in [3.8, 4) is 0 Å². The average molecular weight is 314 g/mol. The van der Waals surface area contributed by atoms with Crippen LogP contribution in [0.5, 0.6) is 0 Å². The lowest BCUT2D eigenvalue weighted by atomic mass is 10.0. The van der Waals surface area contributed by atoms with Crippen LogP contribution in [0.4, 0.5) is 5.69 Å². The molecular formula is C14H20ClN3O3. The first-order valence-corrected chi connectivity index (χ1v) is 6.54. The number of carbonyl (C=O) groups is 1. The van der Waals surface area contributed by atoms with Gasteiger partial charge in [-0.2, -0.15) is 0 Å². The van der Waals surface area contributed by atoms with Gasteiger partial charge in [-0.15, -0.1) is 12.4 Å². The number of oxazole rings is 1. The van der Waals surface area contributed by atoms with Crippen LogP contribution in [0.2, 0.25) is 0 Å². The van der Waals surface area contributed by atoms with Gasteiger partial charge in [0.05, 0.1) is 11.6 Å². The van der Waals surface area contributed by atoms with Crippen molar-refractivity contribution in [2.24, 2.45) is 18.7 Å². The molecule has 1 atom stereocenters. The highest BCUT2D eigenvalue weighted by Gasteiger charge is 2.15. The van der Waals surface area contributed by atoms with E-state index in [4.69, 9.17) is 10.2 Å². The van der Waals surface area contributed by atoms with Gasteiger partial charge < -0.3 is 15.5 Å². The Labute approximate surface area is 128 Å². The quantitative estimate of drug-likeness (QED) is 0.901. The summed E-state index contributed by atoms with van der Waals surface area (Å²) >= 11 is 0. The van der Waals surface area contributed by atoms with E-state index in [2.05, 4.69) is 5.32 Å². The Bertz CT molecular complexity index is 690. The molecule has 1 heterocycles. The molecule has 6 nitrogen and oxygen atoms in total. The summed E-state index contributed by atoms with van der Waals surface area (Å²) in [5.41, 5.74) is 7.50. The molecule has 21 heavy (non-hydrogen) atoms. The van der Waals surface area contributed by atoms with Crippen LogP contribution in [0.15, 0.2) is 27.4 Å². The molecule has 0 saturated carbocycles. The summed E-state index contributed by atoms with van der Waals surface area (Å²) in [5, 5.41) is 2.73. The summed E-state index contributed by atoms with van der Waals surface area (Å²) in [5.74, 6) is -0.318. The highest BCUT2D eigenvalue weighted by Crippen LogP contribution is 2.18. The Morgan fingerprint density at radius 1 is 1.43 bits per heavy atom. The minimum atomic E-state index is -0.548. The molecule has 1 aromatic heterocycles. The summed E-state index contributed by atoms with van der Waals surface area (Å²) in [6.45, 7) is 4.02. The van der Waals surface area contributed by atoms with E-state index in [9.17, 15) is 9.59 Å². The van der Waals surface area contributed by atoms with Crippen molar-refractivity contribution in [1.29, 1.82) is 0 Å². The normalized spacial score (nSPS) is 12.2. The Morgan fingerprint density at radius 3 is 2.71 bits per heavy atom. The lowest BCUT2D eigenvalue weighted by Gasteiger charge is -2.14. The molecule has 0 bridgehead atoms. The van der Waals surface area contributed by atoms with E-state index in [1.165, 1.54) is 4.57 Å². The van der Waals surface area contributed by atoms with Crippen molar-refractivity contribution in [2.75, 3.05) is 5.32 Å². The van der Waals surface area contributed by atoms with Crippen molar-refractivity contribution < 1.29 is 9.21 Å². The van der Waals surface area contributed by atoms with Gasteiger partial charge in [0.1, 0.15) is 0 Å². The summed E-state index contributed by atoms with van der Waals surface area (Å²) < 4.78 is 6.48. The molecule has 0 aliphatic rings. The maximum absolute atomic E-state index is 11.9. The molecule has 2 aromatic rings.